The second-order valence-corrected chi connectivity index (χ2v) is 5.64. The highest BCUT2D eigenvalue weighted by molar-refractivity contribution is 6.00. The van der Waals surface area contributed by atoms with E-state index >= 15 is 0 Å². The second-order valence-electron chi connectivity index (χ2n) is 5.64. The van der Waals surface area contributed by atoms with Crippen molar-refractivity contribution in [3.8, 4) is 0 Å². The summed E-state index contributed by atoms with van der Waals surface area (Å²) >= 11 is 0. The summed E-state index contributed by atoms with van der Waals surface area (Å²) in [6.07, 6.45) is 1.20. The quantitative estimate of drug-likeness (QED) is 0.229. The summed E-state index contributed by atoms with van der Waals surface area (Å²) in [4.78, 5) is 35.5. The Kier molecular flexibility index (Phi) is 10.4. The first-order valence-corrected chi connectivity index (χ1v) is 8.53. The van der Waals surface area contributed by atoms with Gasteiger partial charge in [-0.3, -0.25) is 19.8 Å². The van der Waals surface area contributed by atoms with E-state index in [0.29, 0.717) is 42.9 Å². The normalized spacial score (nSPS) is 11.0. The number of nitrogens with one attached hydrogen (secondary N) is 3. The molecule has 1 rings (SSSR count). The van der Waals surface area contributed by atoms with E-state index in [9.17, 15) is 14.4 Å². The molecular formula is C18H26N4O5. The van der Waals surface area contributed by atoms with Crippen LogP contribution < -0.4 is 16.3 Å². The Balaban J connectivity index is 2.46. The number of hydrogen-bond donors (Lipinski definition) is 3. The molecule has 0 unspecified atom stereocenters. The number of ether oxygens (including phenoxy) is 2. The molecule has 0 radical (unpaired) electrons. The van der Waals surface area contributed by atoms with Gasteiger partial charge in [-0.2, -0.15) is 5.10 Å². The van der Waals surface area contributed by atoms with Gasteiger partial charge in [0.1, 0.15) is 0 Å². The lowest BCUT2D eigenvalue weighted by Gasteiger charge is -2.06. The van der Waals surface area contributed by atoms with Gasteiger partial charge in [0.05, 0.1) is 13.0 Å². The first kappa shape index (κ1) is 22.3. The van der Waals surface area contributed by atoms with Gasteiger partial charge >= 0.3 is 5.97 Å². The van der Waals surface area contributed by atoms with Crippen LogP contribution in [0.1, 0.15) is 46.9 Å². The van der Waals surface area contributed by atoms with E-state index in [-0.39, 0.29) is 18.3 Å². The lowest BCUT2D eigenvalue weighted by atomic mass is 10.1. The van der Waals surface area contributed by atoms with Gasteiger partial charge in [-0.25, -0.2) is 10.9 Å². The van der Waals surface area contributed by atoms with Gasteiger partial charge < -0.3 is 9.47 Å². The van der Waals surface area contributed by atoms with Gasteiger partial charge in [0.25, 0.3) is 11.8 Å². The Hall–Kier alpha value is -2.78. The Bertz CT molecular complexity index is 675. The number of carbonyl (C=O) groups is 3. The molecule has 0 aliphatic carbocycles. The van der Waals surface area contributed by atoms with Gasteiger partial charge in [-0.15, -0.1) is 0 Å². The molecule has 27 heavy (non-hydrogen) atoms. The molecule has 0 saturated carbocycles. The van der Waals surface area contributed by atoms with Crippen LogP contribution in [0.25, 0.3) is 0 Å². The average molecular weight is 378 g/mol. The number of benzene rings is 1. The van der Waals surface area contributed by atoms with Crippen LogP contribution in [0.4, 0.5) is 0 Å². The fourth-order valence-electron chi connectivity index (χ4n) is 2.00. The van der Waals surface area contributed by atoms with Crippen molar-refractivity contribution in [2.75, 3.05) is 27.4 Å². The van der Waals surface area contributed by atoms with E-state index in [0.717, 1.165) is 0 Å². The average Bonchev–Trinajstić information content (AvgIpc) is 2.68. The van der Waals surface area contributed by atoms with E-state index in [2.05, 4.69) is 21.4 Å². The third kappa shape index (κ3) is 8.93. The Morgan fingerprint density at radius 2 is 1.78 bits per heavy atom. The minimum Gasteiger partial charge on any atom is -0.466 e. The van der Waals surface area contributed by atoms with Crippen molar-refractivity contribution in [2.24, 2.45) is 5.10 Å². The molecule has 1 aromatic rings. The maximum atomic E-state index is 12.2. The lowest BCUT2D eigenvalue weighted by molar-refractivity contribution is -0.143. The molecule has 9 nitrogen and oxygen atoms in total. The number of hydrazine groups is 1. The van der Waals surface area contributed by atoms with Gasteiger partial charge in [-0.05, 0) is 31.5 Å². The van der Waals surface area contributed by atoms with Gasteiger partial charge in [0.2, 0.25) is 0 Å². The zero-order valence-corrected chi connectivity index (χ0v) is 15.8. The standard InChI is InChI=1S/C18H26N4O5/c1-13(8-9-16(23)27-11-5-10-26-3)20-22-18(25)15-7-4-6-14(12-15)17(24)21-19-2/h4,6-7,12,19H,5,8-11H2,1-3H3,(H,21,24)(H,22,25)/b20-13+. The molecule has 1 aromatic carbocycles. The van der Waals surface area contributed by atoms with Crippen molar-refractivity contribution in [3.63, 3.8) is 0 Å². The second kappa shape index (κ2) is 12.6. The summed E-state index contributed by atoms with van der Waals surface area (Å²) < 4.78 is 9.91. The highest BCUT2D eigenvalue weighted by Gasteiger charge is 2.10. The minimum absolute atomic E-state index is 0.178. The van der Waals surface area contributed by atoms with Crippen molar-refractivity contribution in [3.05, 3.63) is 35.4 Å². The number of rotatable bonds is 11. The number of carbonyl (C=O) groups excluding carboxylic acids is 3. The molecule has 0 aromatic heterocycles. The summed E-state index contributed by atoms with van der Waals surface area (Å²) in [5, 5.41) is 3.97. The largest absolute Gasteiger partial charge is 0.466 e. The van der Waals surface area contributed by atoms with E-state index in [1.807, 2.05) is 0 Å². The van der Waals surface area contributed by atoms with Crippen molar-refractivity contribution in [1.29, 1.82) is 0 Å². The highest BCUT2D eigenvalue weighted by atomic mass is 16.5. The molecule has 0 saturated heterocycles. The zero-order valence-electron chi connectivity index (χ0n) is 15.8. The number of hydrazone groups is 1. The summed E-state index contributed by atoms with van der Waals surface area (Å²) in [6.45, 7) is 2.56. The fourth-order valence-corrected chi connectivity index (χ4v) is 2.00. The van der Waals surface area contributed by atoms with Crippen molar-refractivity contribution in [1.82, 2.24) is 16.3 Å². The highest BCUT2D eigenvalue weighted by Crippen LogP contribution is 2.05. The van der Waals surface area contributed by atoms with Gasteiger partial charge in [0.15, 0.2) is 0 Å². The summed E-state index contributed by atoms with van der Waals surface area (Å²) in [5.74, 6) is -1.12. The lowest BCUT2D eigenvalue weighted by Crippen LogP contribution is -2.34. The van der Waals surface area contributed by atoms with Crippen molar-refractivity contribution >= 4 is 23.5 Å². The molecule has 0 atom stereocenters. The maximum Gasteiger partial charge on any atom is 0.306 e. The molecule has 9 heteroatoms. The van der Waals surface area contributed by atoms with Crippen LogP contribution in [0.2, 0.25) is 0 Å². The smallest absolute Gasteiger partial charge is 0.306 e. The molecule has 3 N–H and O–H groups in total. The number of hydrogen-bond acceptors (Lipinski definition) is 7. The van der Waals surface area contributed by atoms with Crippen LogP contribution >= 0.6 is 0 Å². The van der Waals surface area contributed by atoms with E-state index in [1.165, 1.54) is 6.07 Å². The predicted octanol–water partition coefficient (Wildman–Crippen LogP) is 1.02. The number of amides is 2. The number of methoxy groups -OCH3 is 1. The van der Waals surface area contributed by atoms with Crippen LogP contribution in [-0.4, -0.2) is 50.9 Å². The number of esters is 1. The van der Waals surface area contributed by atoms with E-state index < -0.39 is 5.91 Å². The fraction of sp³-hybridized carbons (Fsp3) is 0.444. The summed E-state index contributed by atoms with van der Waals surface area (Å²) in [7, 11) is 3.16. The molecule has 148 valence electrons. The molecule has 0 fully saturated rings. The SMILES string of the molecule is CNNC(=O)c1cccc(C(=O)N/N=C(\C)CCC(=O)OCCCOC)c1. The topological polar surface area (TPSA) is 118 Å². The van der Waals surface area contributed by atoms with Crippen LogP contribution in [0.3, 0.4) is 0 Å². The molecule has 2 amide bonds. The summed E-state index contributed by atoms with van der Waals surface area (Å²) in [6, 6.07) is 6.24. The van der Waals surface area contributed by atoms with Gasteiger partial charge in [0, 0.05) is 44.0 Å². The molecular weight excluding hydrogens is 352 g/mol. The first-order valence-electron chi connectivity index (χ1n) is 8.53. The minimum atomic E-state index is -0.449. The van der Waals surface area contributed by atoms with Crippen LogP contribution in [-0.2, 0) is 14.3 Å². The third-order valence-corrected chi connectivity index (χ3v) is 3.42. The Morgan fingerprint density at radius 3 is 2.44 bits per heavy atom. The maximum absolute atomic E-state index is 12.2. The van der Waals surface area contributed by atoms with Crippen LogP contribution in [0.5, 0.6) is 0 Å². The van der Waals surface area contributed by atoms with Gasteiger partial charge in [-0.1, -0.05) is 6.07 Å². The predicted molar refractivity (Wildman–Crippen MR) is 100 cm³/mol. The molecule has 0 spiro atoms. The van der Waals surface area contributed by atoms with Crippen molar-refractivity contribution in [2.45, 2.75) is 26.2 Å². The summed E-state index contributed by atoms with van der Waals surface area (Å²) in [5.41, 5.74) is 8.60. The first-order chi connectivity index (χ1) is 13.0. The van der Waals surface area contributed by atoms with Crippen LogP contribution in [0.15, 0.2) is 29.4 Å². The third-order valence-electron chi connectivity index (χ3n) is 3.42. The zero-order chi connectivity index (χ0) is 20.1. The Labute approximate surface area is 158 Å². The monoisotopic (exact) mass is 378 g/mol. The van der Waals surface area contributed by atoms with E-state index in [4.69, 9.17) is 9.47 Å². The molecule has 0 heterocycles. The number of nitrogens with zero attached hydrogens (tertiary/aromatic N) is 1. The van der Waals surface area contributed by atoms with E-state index in [1.54, 1.807) is 39.3 Å². The molecule has 0 aliphatic heterocycles. The van der Waals surface area contributed by atoms with Crippen molar-refractivity contribution < 1.29 is 23.9 Å². The molecule has 0 aliphatic rings. The Morgan fingerprint density at radius 1 is 1.07 bits per heavy atom. The molecule has 0 bridgehead atoms. The van der Waals surface area contributed by atoms with Crippen LogP contribution in [0, 0.1) is 0 Å².